The maximum Gasteiger partial charge on any atom is 0.228 e. The average molecular weight is 357 g/mol. The zero-order chi connectivity index (χ0) is 19.3. The van der Waals surface area contributed by atoms with Gasteiger partial charge in [-0.3, -0.25) is 4.79 Å². The molecule has 0 N–H and O–H groups in total. The van der Waals surface area contributed by atoms with Gasteiger partial charge in [-0.25, -0.2) is 0 Å². The summed E-state index contributed by atoms with van der Waals surface area (Å²) >= 11 is 0. The van der Waals surface area contributed by atoms with Crippen molar-refractivity contribution in [2.45, 2.75) is 66.8 Å². The third-order valence-corrected chi connectivity index (χ3v) is 4.47. The molecule has 1 unspecified atom stereocenters. The molecule has 1 atom stereocenters. The van der Waals surface area contributed by atoms with Crippen LogP contribution in [0.2, 0.25) is 0 Å². The molecule has 0 bridgehead atoms. The highest BCUT2D eigenvalue weighted by Gasteiger charge is 2.24. The minimum atomic E-state index is -0.0219. The van der Waals surface area contributed by atoms with Crippen LogP contribution in [-0.4, -0.2) is 33.5 Å². The van der Waals surface area contributed by atoms with Gasteiger partial charge >= 0.3 is 0 Å². The van der Waals surface area contributed by atoms with Gasteiger partial charge in [0.25, 0.3) is 0 Å². The van der Waals surface area contributed by atoms with Gasteiger partial charge in [-0.2, -0.15) is 4.98 Å². The summed E-state index contributed by atoms with van der Waals surface area (Å²) in [6.07, 6.45) is 2.03. The second-order valence-corrected chi connectivity index (χ2v) is 8.21. The summed E-state index contributed by atoms with van der Waals surface area (Å²) in [6.45, 7) is 13.1. The van der Waals surface area contributed by atoms with E-state index in [1.807, 2.05) is 36.1 Å². The normalized spacial score (nSPS) is 12.8. The highest BCUT2D eigenvalue weighted by atomic mass is 16.5. The van der Waals surface area contributed by atoms with Crippen molar-refractivity contribution in [3.8, 4) is 11.4 Å². The van der Waals surface area contributed by atoms with Crippen molar-refractivity contribution in [2.75, 3.05) is 6.54 Å². The van der Waals surface area contributed by atoms with E-state index in [-0.39, 0.29) is 17.4 Å². The molecule has 0 spiro atoms. The Balaban J connectivity index is 2.04. The molecule has 5 nitrogen and oxygen atoms in total. The fourth-order valence-corrected chi connectivity index (χ4v) is 2.76. The van der Waals surface area contributed by atoms with Crippen molar-refractivity contribution in [2.24, 2.45) is 5.41 Å². The van der Waals surface area contributed by atoms with E-state index in [2.05, 4.69) is 44.8 Å². The van der Waals surface area contributed by atoms with Crippen LogP contribution in [-0.2, 0) is 11.2 Å². The first-order valence-corrected chi connectivity index (χ1v) is 9.38. The molecular formula is C21H31N3O2. The number of rotatable bonds is 7. The lowest BCUT2D eigenvalue weighted by atomic mass is 9.91. The molecule has 0 aliphatic heterocycles. The minimum Gasteiger partial charge on any atom is -0.339 e. The largest absolute Gasteiger partial charge is 0.339 e. The average Bonchev–Trinajstić information content (AvgIpc) is 3.02. The van der Waals surface area contributed by atoms with Gasteiger partial charge in [0.05, 0.1) is 0 Å². The Bertz CT molecular complexity index is 714. The van der Waals surface area contributed by atoms with Crippen molar-refractivity contribution in [3.05, 3.63) is 35.7 Å². The summed E-state index contributed by atoms with van der Waals surface area (Å²) < 4.78 is 5.39. The predicted molar refractivity (Wildman–Crippen MR) is 104 cm³/mol. The maximum atomic E-state index is 12.7. The number of nitrogens with zero attached hydrogens (tertiary/aromatic N) is 3. The van der Waals surface area contributed by atoms with Crippen molar-refractivity contribution in [3.63, 3.8) is 0 Å². The molecule has 0 saturated carbocycles. The standard InChI is InChI=1S/C21H31N3O2/c1-7-16(3)24(19(25)14-21(4,5)6)13-12-18-22-20(23-26-18)17-10-8-15(2)9-11-17/h8-11,16H,7,12-14H2,1-6H3. The first-order chi connectivity index (χ1) is 12.2. The van der Waals surface area contributed by atoms with Crippen LogP contribution in [0.1, 0.15) is 58.9 Å². The van der Waals surface area contributed by atoms with Gasteiger partial charge in [0.1, 0.15) is 0 Å². The topological polar surface area (TPSA) is 59.2 Å². The number of amides is 1. The van der Waals surface area contributed by atoms with Crippen molar-refractivity contribution in [1.82, 2.24) is 15.0 Å². The third kappa shape index (κ3) is 5.68. The SMILES string of the molecule is CCC(C)N(CCc1nc(-c2ccc(C)cc2)no1)C(=O)CC(C)(C)C. The van der Waals surface area contributed by atoms with Gasteiger partial charge in [0.15, 0.2) is 0 Å². The molecule has 1 amide bonds. The monoisotopic (exact) mass is 357 g/mol. The van der Waals surface area contributed by atoms with Crippen molar-refractivity contribution >= 4 is 5.91 Å². The van der Waals surface area contributed by atoms with E-state index in [0.717, 1.165) is 12.0 Å². The molecule has 0 aliphatic carbocycles. The van der Waals surface area contributed by atoms with E-state index in [9.17, 15) is 4.79 Å². The Morgan fingerprint density at radius 2 is 1.88 bits per heavy atom. The Morgan fingerprint density at radius 1 is 1.23 bits per heavy atom. The molecule has 0 aliphatic rings. The van der Waals surface area contributed by atoms with Gasteiger partial charge in [0.2, 0.25) is 17.6 Å². The first kappa shape index (κ1) is 20.1. The van der Waals surface area contributed by atoms with E-state index in [1.165, 1.54) is 5.56 Å². The summed E-state index contributed by atoms with van der Waals surface area (Å²) in [7, 11) is 0. The lowest BCUT2D eigenvalue weighted by Crippen LogP contribution is -2.41. The number of carbonyl (C=O) groups is 1. The molecule has 0 fully saturated rings. The second-order valence-electron chi connectivity index (χ2n) is 8.21. The van der Waals surface area contributed by atoms with Gasteiger partial charge in [0, 0.05) is 31.0 Å². The van der Waals surface area contributed by atoms with E-state index in [1.54, 1.807) is 0 Å². The quantitative estimate of drug-likeness (QED) is 0.723. The van der Waals surface area contributed by atoms with Gasteiger partial charge < -0.3 is 9.42 Å². The fourth-order valence-electron chi connectivity index (χ4n) is 2.76. The number of aryl methyl sites for hydroxylation is 1. The summed E-state index contributed by atoms with van der Waals surface area (Å²) in [6, 6.07) is 8.23. The van der Waals surface area contributed by atoms with Crippen LogP contribution < -0.4 is 0 Å². The molecule has 1 aromatic carbocycles. The Morgan fingerprint density at radius 3 is 2.46 bits per heavy atom. The van der Waals surface area contributed by atoms with Crippen molar-refractivity contribution < 1.29 is 9.32 Å². The van der Waals surface area contributed by atoms with Gasteiger partial charge in [-0.15, -0.1) is 0 Å². The Kier molecular flexibility index (Phi) is 6.57. The van der Waals surface area contributed by atoms with E-state index in [4.69, 9.17) is 4.52 Å². The number of hydrogen-bond donors (Lipinski definition) is 0. The lowest BCUT2D eigenvalue weighted by molar-refractivity contribution is -0.135. The van der Waals surface area contributed by atoms with Crippen LogP contribution in [0.3, 0.4) is 0 Å². The maximum absolute atomic E-state index is 12.7. The molecule has 0 radical (unpaired) electrons. The Hall–Kier alpha value is -2.17. The number of carbonyl (C=O) groups excluding carboxylic acids is 1. The van der Waals surface area contributed by atoms with Crippen LogP contribution in [0.25, 0.3) is 11.4 Å². The zero-order valence-corrected chi connectivity index (χ0v) is 16.9. The molecule has 1 aromatic heterocycles. The Labute approximate surface area is 156 Å². The van der Waals surface area contributed by atoms with Crippen LogP contribution in [0, 0.1) is 12.3 Å². The highest BCUT2D eigenvalue weighted by molar-refractivity contribution is 5.77. The number of aromatic nitrogens is 2. The summed E-state index contributed by atoms with van der Waals surface area (Å²) in [4.78, 5) is 19.1. The first-order valence-electron chi connectivity index (χ1n) is 9.38. The highest BCUT2D eigenvalue weighted by Crippen LogP contribution is 2.22. The smallest absolute Gasteiger partial charge is 0.228 e. The molecule has 142 valence electrons. The van der Waals surface area contributed by atoms with E-state index >= 15 is 0 Å². The van der Waals surface area contributed by atoms with Crippen LogP contribution in [0.5, 0.6) is 0 Å². The van der Waals surface area contributed by atoms with Crippen LogP contribution in [0.15, 0.2) is 28.8 Å². The molecule has 1 heterocycles. The fraction of sp³-hybridized carbons (Fsp3) is 0.571. The minimum absolute atomic E-state index is 0.0219. The molecule has 2 rings (SSSR count). The number of benzene rings is 1. The van der Waals surface area contributed by atoms with Gasteiger partial charge in [-0.1, -0.05) is 62.7 Å². The number of hydrogen-bond acceptors (Lipinski definition) is 4. The summed E-state index contributed by atoms with van der Waals surface area (Å²) in [5.74, 6) is 1.35. The molecule has 0 saturated heterocycles. The van der Waals surface area contributed by atoms with Crippen LogP contribution >= 0.6 is 0 Å². The lowest BCUT2D eigenvalue weighted by Gasteiger charge is -2.31. The zero-order valence-electron chi connectivity index (χ0n) is 16.9. The van der Waals surface area contributed by atoms with E-state index in [0.29, 0.717) is 31.1 Å². The summed E-state index contributed by atoms with van der Waals surface area (Å²) in [5, 5.41) is 4.07. The second kappa shape index (κ2) is 8.47. The van der Waals surface area contributed by atoms with Crippen molar-refractivity contribution in [1.29, 1.82) is 0 Å². The van der Waals surface area contributed by atoms with E-state index < -0.39 is 0 Å². The molecular weight excluding hydrogens is 326 g/mol. The summed E-state index contributed by atoms with van der Waals surface area (Å²) in [5.41, 5.74) is 2.11. The predicted octanol–water partition coefficient (Wildman–Crippen LogP) is 4.65. The molecule has 2 aromatic rings. The third-order valence-electron chi connectivity index (χ3n) is 4.47. The molecule has 5 heteroatoms. The van der Waals surface area contributed by atoms with Crippen LogP contribution in [0.4, 0.5) is 0 Å². The van der Waals surface area contributed by atoms with Gasteiger partial charge in [-0.05, 0) is 25.7 Å². The molecule has 26 heavy (non-hydrogen) atoms.